The Morgan fingerprint density at radius 2 is 1.42 bits per heavy atom. The molecular formula is C18H23N. The van der Waals surface area contributed by atoms with Crippen molar-refractivity contribution in [2.75, 3.05) is 4.90 Å². The maximum absolute atomic E-state index is 2.45. The fourth-order valence-electron chi connectivity index (χ4n) is 2.21. The molecule has 0 heterocycles. The first kappa shape index (κ1) is 13.7. The molecule has 0 radical (unpaired) electrons. The second-order valence-corrected chi connectivity index (χ2v) is 6.08. The van der Waals surface area contributed by atoms with Crippen LogP contribution in [0.25, 0.3) is 0 Å². The second-order valence-electron chi connectivity index (χ2n) is 6.08. The van der Waals surface area contributed by atoms with Gasteiger partial charge in [0.05, 0.1) is 0 Å². The summed E-state index contributed by atoms with van der Waals surface area (Å²) in [6.45, 7) is 9.84. The van der Waals surface area contributed by atoms with E-state index < -0.39 is 0 Å². The molecule has 2 rings (SSSR count). The lowest BCUT2D eigenvalue weighted by Gasteiger charge is -2.38. The zero-order valence-corrected chi connectivity index (χ0v) is 12.4. The van der Waals surface area contributed by atoms with E-state index in [0.29, 0.717) is 0 Å². The van der Waals surface area contributed by atoms with Gasteiger partial charge in [0.2, 0.25) is 0 Å². The van der Waals surface area contributed by atoms with E-state index in [4.69, 9.17) is 0 Å². The zero-order chi connectivity index (χ0) is 13.9. The van der Waals surface area contributed by atoms with Crippen LogP contribution in [0.2, 0.25) is 0 Å². The maximum atomic E-state index is 2.45. The summed E-state index contributed by atoms with van der Waals surface area (Å²) >= 11 is 0. The van der Waals surface area contributed by atoms with Gasteiger partial charge in [-0.1, -0.05) is 48.0 Å². The number of nitrogens with zero attached hydrogens (tertiary/aromatic N) is 1. The first-order chi connectivity index (χ1) is 8.97. The van der Waals surface area contributed by atoms with Crippen molar-refractivity contribution in [1.82, 2.24) is 0 Å². The fraction of sp³-hybridized carbons (Fsp3) is 0.333. The highest BCUT2D eigenvalue weighted by Gasteiger charge is 2.21. The Bertz CT molecular complexity index is 506. The van der Waals surface area contributed by atoms with Gasteiger partial charge in [-0.25, -0.2) is 0 Å². The molecule has 0 bridgehead atoms. The van der Waals surface area contributed by atoms with Crippen molar-refractivity contribution in [2.24, 2.45) is 0 Å². The molecular weight excluding hydrogens is 230 g/mol. The van der Waals surface area contributed by atoms with Gasteiger partial charge in [0, 0.05) is 17.8 Å². The number of hydrogen-bond acceptors (Lipinski definition) is 1. The van der Waals surface area contributed by atoms with Crippen LogP contribution < -0.4 is 4.90 Å². The number of rotatable bonds is 3. The average Bonchev–Trinajstić information content (AvgIpc) is 2.37. The standard InChI is InChI=1S/C18H23N/c1-15-10-12-17(13-11-15)19(18(2,3)4)14-16-8-6-5-7-9-16/h5-13H,14H2,1-4H3. The van der Waals surface area contributed by atoms with E-state index in [1.54, 1.807) is 0 Å². The summed E-state index contributed by atoms with van der Waals surface area (Å²) in [5.74, 6) is 0. The SMILES string of the molecule is Cc1ccc(N(Cc2ccccc2)C(C)(C)C)cc1. The van der Waals surface area contributed by atoms with Crippen molar-refractivity contribution in [1.29, 1.82) is 0 Å². The predicted octanol–water partition coefficient (Wildman–Crippen LogP) is 4.80. The molecule has 2 aromatic carbocycles. The van der Waals surface area contributed by atoms with Crippen molar-refractivity contribution in [2.45, 2.75) is 39.8 Å². The Morgan fingerprint density at radius 3 is 1.95 bits per heavy atom. The molecule has 0 atom stereocenters. The van der Waals surface area contributed by atoms with Crippen molar-refractivity contribution in [3.05, 3.63) is 65.7 Å². The van der Waals surface area contributed by atoms with E-state index in [1.165, 1.54) is 16.8 Å². The second kappa shape index (κ2) is 5.48. The predicted molar refractivity (Wildman–Crippen MR) is 83.6 cm³/mol. The molecule has 100 valence electrons. The van der Waals surface area contributed by atoms with E-state index in [-0.39, 0.29) is 5.54 Å². The third-order valence-corrected chi connectivity index (χ3v) is 3.34. The molecule has 0 saturated carbocycles. The Morgan fingerprint density at radius 1 is 0.842 bits per heavy atom. The van der Waals surface area contributed by atoms with Crippen LogP contribution >= 0.6 is 0 Å². The Balaban J connectivity index is 2.29. The smallest absolute Gasteiger partial charge is 0.0434 e. The van der Waals surface area contributed by atoms with Crippen LogP contribution in [0, 0.1) is 6.92 Å². The lowest BCUT2D eigenvalue weighted by molar-refractivity contribution is 0.501. The maximum Gasteiger partial charge on any atom is 0.0434 e. The first-order valence-electron chi connectivity index (χ1n) is 6.85. The lowest BCUT2D eigenvalue weighted by atomic mass is 10.0. The van der Waals surface area contributed by atoms with Gasteiger partial charge < -0.3 is 4.90 Å². The van der Waals surface area contributed by atoms with Gasteiger partial charge in [-0.2, -0.15) is 0 Å². The molecule has 0 aliphatic carbocycles. The monoisotopic (exact) mass is 253 g/mol. The van der Waals surface area contributed by atoms with Crippen LogP contribution in [-0.2, 0) is 6.54 Å². The van der Waals surface area contributed by atoms with Crippen LogP contribution in [0.1, 0.15) is 31.9 Å². The van der Waals surface area contributed by atoms with Crippen LogP contribution in [0.5, 0.6) is 0 Å². The number of anilines is 1. The molecule has 0 spiro atoms. The van der Waals surface area contributed by atoms with Gasteiger partial charge in [0.15, 0.2) is 0 Å². The van der Waals surface area contributed by atoms with Crippen LogP contribution in [0.4, 0.5) is 5.69 Å². The minimum absolute atomic E-state index is 0.102. The van der Waals surface area contributed by atoms with E-state index in [1.807, 2.05) is 0 Å². The Labute approximate surface area is 116 Å². The summed E-state index contributed by atoms with van der Waals surface area (Å²) in [6.07, 6.45) is 0. The summed E-state index contributed by atoms with van der Waals surface area (Å²) in [5.41, 5.74) is 4.03. The fourth-order valence-corrected chi connectivity index (χ4v) is 2.21. The summed E-state index contributed by atoms with van der Waals surface area (Å²) < 4.78 is 0. The van der Waals surface area contributed by atoms with E-state index >= 15 is 0 Å². The number of aryl methyl sites for hydroxylation is 1. The third kappa shape index (κ3) is 3.60. The molecule has 0 N–H and O–H groups in total. The van der Waals surface area contributed by atoms with E-state index in [2.05, 4.69) is 87.2 Å². The van der Waals surface area contributed by atoms with Gasteiger partial charge in [0.25, 0.3) is 0 Å². The summed E-state index contributed by atoms with van der Waals surface area (Å²) in [7, 11) is 0. The lowest BCUT2D eigenvalue weighted by Crippen LogP contribution is -2.40. The van der Waals surface area contributed by atoms with Crippen molar-refractivity contribution < 1.29 is 0 Å². The molecule has 0 saturated heterocycles. The van der Waals surface area contributed by atoms with Crippen LogP contribution in [0.15, 0.2) is 54.6 Å². The highest BCUT2D eigenvalue weighted by atomic mass is 15.2. The van der Waals surface area contributed by atoms with Gasteiger partial charge in [0.1, 0.15) is 0 Å². The number of hydrogen-bond donors (Lipinski definition) is 0. The van der Waals surface area contributed by atoms with Gasteiger partial charge in [-0.15, -0.1) is 0 Å². The first-order valence-corrected chi connectivity index (χ1v) is 6.85. The molecule has 0 aliphatic heterocycles. The normalized spacial score (nSPS) is 11.4. The van der Waals surface area contributed by atoms with Crippen LogP contribution in [0.3, 0.4) is 0 Å². The van der Waals surface area contributed by atoms with E-state index in [0.717, 1.165) is 6.54 Å². The van der Waals surface area contributed by atoms with Gasteiger partial charge >= 0.3 is 0 Å². The topological polar surface area (TPSA) is 3.24 Å². The molecule has 0 aromatic heterocycles. The van der Waals surface area contributed by atoms with Crippen LogP contribution in [-0.4, -0.2) is 5.54 Å². The van der Waals surface area contributed by atoms with Crippen molar-refractivity contribution in [3.8, 4) is 0 Å². The van der Waals surface area contributed by atoms with Crippen molar-refractivity contribution >= 4 is 5.69 Å². The van der Waals surface area contributed by atoms with Gasteiger partial charge in [-0.05, 0) is 45.4 Å². The highest BCUT2D eigenvalue weighted by molar-refractivity contribution is 5.50. The quantitative estimate of drug-likeness (QED) is 0.759. The summed E-state index contributed by atoms with van der Waals surface area (Å²) in [4.78, 5) is 2.45. The summed E-state index contributed by atoms with van der Waals surface area (Å²) in [5, 5.41) is 0. The minimum atomic E-state index is 0.102. The summed E-state index contributed by atoms with van der Waals surface area (Å²) in [6, 6.07) is 19.4. The van der Waals surface area contributed by atoms with E-state index in [9.17, 15) is 0 Å². The zero-order valence-electron chi connectivity index (χ0n) is 12.4. The molecule has 19 heavy (non-hydrogen) atoms. The highest BCUT2D eigenvalue weighted by Crippen LogP contribution is 2.26. The molecule has 0 fully saturated rings. The minimum Gasteiger partial charge on any atom is -0.362 e. The largest absolute Gasteiger partial charge is 0.362 e. The van der Waals surface area contributed by atoms with Crippen molar-refractivity contribution in [3.63, 3.8) is 0 Å². The Kier molecular flexibility index (Phi) is 3.94. The molecule has 0 amide bonds. The molecule has 0 aliphatic rings. The Hall–Kier alpha value is -1.76. The third-order valence-electron chi connectivity index (χ3n) is 3.34. The van der Waals surface area contributed by atoms with Gasteiger partial charge in [-0.3, -0.25) is 0 Å². The number of benzene rings is 2. The average molecular weight is 253 g/mol. The molecule has 0 unspecified atom stereocenters. The molecule has 1 heteroatoms. The molecule has 2 aromatic rings. The molecule has 1 nitrogen and oxygen atoms in total.